The first-order valence-electron chi connectivity index (χ1n) is 9.57. The number of methoxy groups -OCH3 is 2. The Morgan fingerprint density at radius 1 is 0.929 bits per heavy atom. The lowest BCUT2D eigenvalue weighted by Crippen LogP contribution is -2.02. The minimum absolute atomic E-state index is 0.689. The predicted molar refractivity (Wildman–Crippen MR) is 110 cm³/mol. The fraction of sp³-hybridized carbons (Fsp3) is 0.318. The molecule has 0 spiro atoms. The van der Waals surface area contributed by atoms with Crippen LogP contribution in [0.3, 0.4) is 0 Å². The van der Waals surface area contributed by atoms with Crippen LogP contribution in [0.15, 0.2) is 47.5 Å². The summed E-state index contributed by atoms with van der Waals surface area (Å²) in [6.07, 6.45) is 6.47. The van der Waals surface area contributed by atoms with Gasteiger partial charge < -0.3 is 14.0 Å². The summed E-state index contributed by atoms with van der Waals surface area (Å²) in [6.45, 7) is 0.997. The van der Waals surface area contributed by atoms with Crippen LogP contribution in [0.1, 0.15) is 30.7 Å². The molecule has 144 valence electrons. The van der Waals surface area contributed by atoms with Gasteiger partial charge in [-0.15, -0.1) is 10.2 Å². The highest BCUT2D eigenvalue weighted by molar-refractivity contribution is 5.83. The van der Waals surface area contributed by atoms with E-state index in [0.717, 1.165) is 41.4 Å². The number of hydrogen-bond donors (Lipinski definition) is 0. The van der Waals surface area contributed by atoms with Crippen molar-refractivity contribution < 1.29 is 9.47 Å². The zero-order chi connectivity index (χ0) is 19.3. The number of fused-ring (bicyclic) bond motifs is 1. The van der Waals surface area contributed by atoms with E-state index < -0.39 is 0 Å². The number of benzene rings is 2. The van der Waals surface area contributed by atoms with Gasteiger partial charge in [0.15, 0.2) is 17.3 Å². The van der Waals surface area contributed by atoms with E-state index in [2.05, 4.69) is 31.9 Å². The second-order valence-corrected chi connectivity index (χ2v) is 6.82. The van der Waals surface area contributed by atoms with Gasteiger partial charge in [-0.05, 0) is 60.9 Å². The first kappa shape index (κ1) is 18.2. The molecule has 0 bridgehead atoms. The van der Waals surface area contributed by atoms with Gasteiger partial charge in [0.05, 0.1) is 19.9 Å². The highest BCUT2D eigenvalue weighted by Gasteiger charge is 2.15. The zero-order valence-corrected chi connectivity index (χ0v) is 16.3. The average molecular weight is 376 g/mol. The molecule has 0 saturated carbocycles. The van der Waals surface area contributed by atoms with Crippen LogP contribution in [0.5, 0.6) is 11.5 Å². The quantitative estimate of drug-likeness (QED) is 0.618. The van der Waals surface area contributed by atoms with Crippen LogP contribution in [-0.2, 0) is 13.0 Å². The molecule has 2 aromatic carbocycles. The van der Waals surface area contributed by atoms with E-state index >= 15 is 0 Å². The minimum Gasteiger partial charge on any atom is -0.493 e. The van der Waals surface area contributed by atoms with Crippen LogP contribution in [0, 0.1) is 0 Å². The molecule has 6 nitrogen and oxygen atoms in total. The molecule has 1 aliphatic heterocycles. The highest BCUT2D eigenvalue weighted by atomic mass is 16.5. The molecule has 0 aliphatic carbocycles. The summed E-state index contributed by atoms with van der Waals surface area (Å²) in [4.78, 5) is 4.57. The molecule has 0 atom stereocenters. The smallest absolute Gasteiger partial charge is 0.163 e. The van der Waals surface area contributed by atoms with Gasteiger partial charge in [0.25, 0.3) is 0 Å². The molecule has 4 rings (SSSR count). The number of nitrogens with zero attached hydrogens (tertiary/aromatic N) is 4. The Balaban J connectivity index is 1.53. The molecule has 0 fully saturated rings. The van der Waals surface area contributed by atoms with Crippen molar-refractivity contribution in [1.82, 2.24) is 14.8 Å². The summed E-state index contributed by atoms with van der Waals surface area (Å²) in [5.74, 6) is 3.45. The van der Waals surface area contributed by atoms with E-state index in [1.165, 1.54) is 19.3 Å². The molecule has 0 saturated heterocycles. The Hall–Kier alpha value is -3.15. The van der Waals surface area contributed by atoms with Crippen molar-refractivity contribution in [2.45, 2.75) is 32.2 Å². The molecule has 0 N–H and O–H groups in total. The molecule has 3 aromatic rings. The van der Waals surface area contributed by atoms with E-state index in [0.29, 0.717) is 11.5 Å². The summed E-state index contributed by atoms with van der Waals surface area (Å²) in [6, 6.07) is 13.9. The van der Waals surface area contributed by atoms with Crippen LogP contribution in [0.2, 0.25) is 0 Å². The largest absolute Gasteiger partial charge is 0.493 e. The third kappa shape index (κ3) is 3.76. The number of ether oxygens (including phenoxy) is 2. The Labute approximate surface area is 164 Å². The Morgan fingerprint density at radius 2 is 1.75 bits per heavy atom. The van der Waals surface area contributed by atoms with Crippen LogP contribution >= 0.6 is 0 Å². The third-order valence-corrected chi connectivity index (χ3v) is 5.01. The van der Waals surface area contributed by atoms with Gasteiger partial charge in [-0.3, -0.25) is 4.99 Å². The third-order valence-electron chi connectivity index (χ3n) is 5.01. The van der Waals surface area contributed by atoms with Gasteiger partial charge in [-0.2, -0.15) is 0 Å². The lowest BCUT2D eigenvalue weighted by molar-refractivity contribution is 0.355. The molecule has 0 unspecified atom stereocenters. The van der Waals surface area contributed by atoms with E-state index in [4.69, 9.17) is 9.47 Å². The van der Waals surface area contributed by atoms with Crippen molar-refractivity contribution >= 4 is 11.9 Å². The van der Waals surface area contributed by atoms with Crippen LogP contribution < -0.4 is 9.47 Å². The first-order valence-corrected chi connectivity index (χ1v) is 9.57. The molecule has 1 aliphatic rings. The summed E-state index contributed by atoms with van der Waals surface area (Å²) in [7, 11) is 3.25. The van der Waals surface area contributed by atoms with Crippen LogP contribution in [0.4, 0.5) is 5.69 Å². The van der Waals surface area contributed by atoms with Gasteiger partial charge in [0.2, 0.25) is 0 Å². The van der Waals surface area contributed by atoms with E-state index in [1.807, 2.05) is 36.5 Å². The Morgan fingerprint density at radius 3 is 2.54 bits per heavy atom. The van der Waals surface area contributed by atoms with Gasteiger partial charge in [0.1, 0.15) is 5.82 Å². The molecule has 2 heterocycles. The SMILES string of the molecule is COc1ccc(C=Nc2ccc(-c3nnc4n3CCCCC4)cc2)cc1OC. The molecule has 0 radical (unpaired) electrons. The highest BCUT2D eigenvalue weighted by Crippen LogP contribution is 2.28. The Bertz CT molecular complexity index is 977. The maximum absolute atomic E-state index is 5.34. The van der Waals surface area contributed by atoms with E-state index in [9.17, 15) is 0 Å². The molecule has 6 heteroatoms. The molecular formula is C22H24N4O2. The minimum atomic E-state index is 0.689. The van der Waals surface area contributed by atoms with Crippen molar-refractivity contribution in [3.05, 3.63) is 53.9 Å². The van der Waals surface area contributed by atoms with Crippen molar-refractivity contribution in [1.29, 1.82) is 0 Å². The second-order valence-electron chi connectivity index (χ2n) is 6.82. The maximum atomic E-state index is 5.34. The fourth-order valence-electron chi connectivity index (χ4n) is 3.48. The summed E-state index contributed by atoms with van der Waals surface area (Å²) in [5.41, 5.74) is 2.91. The van der Waals surface area contributed by atoms with Crippen molar-refractivity contribution in [3.63, 3.8) is 0 Å². The number of aryl methyl sites for hydroxylation is 1. The molecule has 28 heavy (non-hydrogen) atoms. The van der Waals surface area contributed by atoms with E-state index in [-0.39, 0.29) is 0 Å². The normalized spacial score (nSPS) is 13.9. The lowest BCUT2D eigenvalue weighted by Gasteiger charge is -2.07. The molecule has 0 amide bonds. The summed E-state index contributed by atoms with van der Waals surface area (Å²) < 4.78 is 12.9. The molecule has 1 aromatic heterocycles. The average Bonchev–Trinajstić information content (AvgIpc) is 3.00. The van der Waals surface area contributed by atoms with Crippen molar-refractivity contribution in [2.75, 3.05) is 14.2 Å². The number of rotatable bonds is 5. The van der Waals surface area contributed by atoms with Crippen LogP contribution in [-0.4, -0.2) is 35.2 Å². The van der Waals surface area contributed by atoms with Crippen molar-refractivity contribution in [2.24, 2.45) is 4.99 Å². The first-order chi connectivity index (χ1) is 13.8. The standard InChI is InChI=1S/C22H24N4O2/c1-27-19-12-7-16(14-20(19)28-2)15-23-18-10-8-17(9-11-18)22-25-24-21-6-4-3-5-13-26(21)22/h7-12,14-15H,3-6,13H2,1-2H3. The number of aliphatic imine (C=N–C) groups is 1. The van der Waals surface area contributed by atoms with Gasteiger partial charge in [-0.1, -0.05) is 6.42 Å². The number of aromatic nitrogens is 3. The maximum Gasteiger partial charge on any atom is 0.163 e. The number of hydrogen-bond acceptors (Lipinski definition) is 5. The van der Waals surface area contributed by atoms with E-state index in [1.54, 1.807) is 14.2 Å². The van der Waals surface area contributed by atoms with Gasteiger partial charge >= 0.3 is 0 Å². The molecular weight excluding hydrogens is 352 g/mol. The summed E-state index contributed by atoms with van der Waals surface area (Å²) >= 11 is 0. The zero-order valence-electron chi connectivity index (χ0n) is 16.3. The second kappa shape index (κ2) is 8.25. The van der Waals surface area contributed by atoms with Crippen molar-refractivity contribution in [3.8, 4) is 22.9 Å². The fourth-order valence-corrected chi connectivity index (χ4v) is 3.48. The summed E-state index contributed by atoms with van der Waals surface area (Å²) in [5, 5.41) is 8.80. The monoisotopic (exact) mass is 376 g/mol. The predicted octanol–water partition coefficient (Wildman–Crippen LogP) is 4.44. The lowest BCUT2D eigenvalue weighted by atomic mass is 10.2. The topological polar surface area (TPSA) is 61.5 Å². The Kier molecular flexibility index (Phi) is 5.37. The van der Waals surface area contributed by atoms with Gasteiger partial charge in [-0.25, -0.2) is 0 Å². The van der Waals surface area contributed by atoms with Gasteiger partial charge in [0, 0.05) is 24.7 Å². The van der Waals surface area contributed by atoms with Crippen LogP contribution in [0.25, 0.3) is 11.4 Å².